The van der Waals surface area contributed by atoms with Crippen LogP contribution in [0.1, 0.15) is 69.2 Å². The molecular formula is C24H35N5O2. The number of hydrogen-bond acceptors (Lipinski definition) is 4. The normalized spacial score (nSPS) is 18.9. The standard InChI is InChI=1S/C24H35N5O2/c1-2-28-23(26-29(24(28)31)17-19-9-5-3-6-10-19)20-13-15-27(16-14-20)18-22(30)25-21-11-7-4-8-12-21/h3,5-6,9-10,20-21H,2,4,7-8,11-18H2,1H3,(H,25,30). The molecule has 0 radical (unpaired) electrons. The molecule has 7 heteroatoms. The van der Waals surface area contributed by atoms with Crippen LogP contribution in [-0.4, -0.2) is 50.8 Å². The lowest BCUT2D eigenvalue weighted by Crippen LogP contribution is -2.45. The maximum absolute atomic E-state index is 12.9. The van der Waals surface area contributed by atoms with E-state index in [4.69, 9.17) is 5.10 Å². The Labute approximate surface area is 184 Å². The molecule has 1 aromatic heterocycles. The first-order chi connectivity index (χ1) is 15.1. The Morgan fingerprint density at radius 3 is 2.45 bits per heavy atom. The monoisotopic (exact) mass is 425 g/mol. The maximum Gasteiger partial charge on any atom is 0.346 e. The summed E-state index contributed by atoms with van der Waals surface area (Å²) < 4.78 is 3.41. The summed E-state index contributed by atoms with van der Waals surface area (Å²) in [7, 11) is 0. The van der Waals surface area contributed by atoms with E-state index in [1.54, 1.807) is 4.68 Å². The second-order valence-corrected chi connectivity index (χ2v) is 8.98. The molecule has 0 bridgehead atoms. The van der Waals surface area contributed by atoms with Gasteiger partial charge in [-0.3, -0.25) is 14.3 Å². The molecule has 1 aromatic carbocycles. The summed E-state index contributed by atoms with van der Waals surface area (Å²) in [5.41, 5.74) is 1.05. The molecule has 0 spiro atoms. The van der Waals surface area contributed by atoms with Crippen LogP contribution < -0.4 is 11.0 Å². The van der Waals surface area contributed by atoms with Crippen molar-refractivity contribution in [2.45, 2.75) is 76.9 Å². The summed E-state index contributed by atoms with van der Waals surface area (Å²) >= 11 is 0. The highest BCUT2D eigenvalue weighted by molar-refractivity contribution is 5.78. The van der Waals surface area contributed by atoms with Crippen molar-refractivity contribution in [3.63, 3.8) is 0 Å². The van der Waals surface area contributed by atoms with Crippen LogP contribution in [0.15, 0.2) is 35.1 Å². The third kappa shape index (κ3) is 5.45. The summed E-state index contributed by atoms with van der Waals surface area (Å²) in [4.78, 5) is 27.5. The molecule has 2 fully saturated rings. The number of hydrogen-bond donors (Lipinski definition) is 1. The molecule has 7 nitrogen and oxygen atoms in total. The van der Waals surface area contributed by atoms with E-state index in [1.807, 2.05) is 41.8 Å². The first-order valence-corrected chi connectivity index (χ1v) is 11.9. The molecule has 2 heterocycles. The molecular weight excluding hydrogens is 390 g/mol. The summed E-state index contributed by atoms with van der Waals surface area (Å²) in [5, 5.41) is 7.95. The summed E-state index contributed by atoms with van der Waals surface area (Å²) in [6, 6.07) is 10.4. The van der Waals surface area contributed by atoms with Gasteiger partial charge in [0.1, 0.15) is 5.82 Å². The van der Waals surface area contributed by atoms with Crippen LogP contribution in [0.25, 0.3) is 0 Å². The summed E-state index contributed by atoms with van der Waals surface area (Å²) in [6.07, 6.45) is 7.85. The lowest BCUT2D eigenvalue weighted by atomic mass is 9.95. The molecule has 31 heavy (non-hydrogen) atoms. The predicted octanol–water partition coefficient (Wildman–Crippen LogP) is 2.74. The van der Waals surface area contributed by atoms with Gasteiger partial charge in [-0.15, -0.1) is 0 Å². The average molecular weight is 426 g/mol. The zero-order valence-corrected chi connectivity index (χ0v) is 18.6. The molecule has 168 valence electrons. The molecule has 1 amide bonds. The van der Waals surface area contributed by atoms with Gasteiger partial charge in [0, 0.05) is 18.5 Å². The first kappa shape index (κ1) is 21.8. The highest BCUT2D eigenvalue weighted by atomic mass is 16.2. The number of amides is 1. The fourth-order valence-electron chi connectivity index (χ4n) is 4.99. The van der Waals surface area contributed by atoms with Crippen molar-refractivity contribution in [2.75, 3.05) is 19.6 Å². The third-order valence-electron chi connectivity index (χ3n) is 6.73. The van der Waals surface area contributed by atoms with E-state index in [2.05, 4.69) is 10.2 Å². The van der Waals surface area contributed by atoms with Crippen LogP contribution in [0.3, 0.4) is 0 Å². The van der Waals surface area contributed by atoms with Gasteiger partial charge in [0.2, 0.25) is 5.91 Å². The molecule has 1 aliphatic heterocycles. The Morgan fingerprint density at radius 1 is 1.06 bits per heavy atom. The highest BCUT2D eigenvalue weighted by Crippen LogP contribution is 2.26. The smallest absolute Gasteiger partial charge is 0.346 e. The Balaban J connectivity index is 1.34. The lowest BCUT2D eigenvalue weighted by molar-refractivity contribution is -0.123. The van der Waals surface area contributed by atoms with E-state index < -0.39 is 0 Å². The highest BCUT2D eigenvalue weighted by Gasteiger charge is 2.27. The molecule has 1 saturated carbocycles. The van der Waals surface area contributed by atoms with Gasteiger partial charge in [0.15, 0.2) is 0 Å². The van der Waals surface area contributed by atoms with Gasteiger partial charge in [-0.1, -0.05) is 49.6 Å². The number of nitrogens with zero attached hydrogens (tertiary/aromatic N) is 4. The quantitative estimate of drug-likeness (QED) is 0.740. The average Bonchev–Trinajstić information content (AvgIpc) is 3.10. The Hall–Kier alpha value is -2.41. The van der Waals surface area contributed by atoms with Crippen LogP contribution in [0, 0.1) is 0 Å². The number of piperidine rings is 1. The number of rotatable bonds is 7. The van der Waals surface area contributed by atoms with Crippen LogP contribution in [0.2, 0.25) is 0 Å². The Morgan fingerprint density at radius 2 is 1.77 bits per heavy atom. The first-order valence-electron chi connectivity index (χ1n) is 11.9. The van der Waals surface area contributed by atoms with Gasteiger partial charge < -0.3 is 5.32 Å². The molecule has 1 saturated heterocycles. The molecule has 1 N–H and O–H groups in total. The van der Waals surface area contributed by atoms with Crippen LogP contribution >= 0.6 is 0 Å². The van der Waals surface area contributed by atoms with Crippen LogP contribution in [0.4, 0.5) is 0 Å². The number of benzene rings is 1. The maximum atomic E-state index is 12.9. The largest absolute Gasteiger partial charge is 0.352 e. The van der Waals surface area contributed by atoms with Gasteiger partial charge in [-0.05, 0) is 51.3 Å². The van der Waals surface area contributed by atoms with Gasteiger partial charge in [0.05, 0.1) is 13.1 Å². The number of aromatic nitrogens is 3. The predicted molar refractivity (Wildman–Crippen MR) is 121 cm³/mol. The van der Waals surface area contributed by atoms with E-state index in [0.717, 1.165) is 50.2 Å². The van der Waals surface area contributed by atoms with Crippen molar-refractivity contribution in [3.05, 3.63) is 52.2 Å². The Bertz CT molecular complexity index is 906. The van der Waals surface area contributed by atoms with Crippen LogP contribution in [-0.2, 0) is 17.9 Å². The van der Waals surface area contributed by atoms with Crippen molar-refractivity contribution in [2.24, 2.45) is 0 Å². The second-order valence-electron chi connectivity index (χ2n) is 8.98. The van der Waals surface area contributed by atoms with Crippen molar-refractivity contribution < 1.29 is 4.79 Å². The van der Waals surface area contributed by atoms with Crippen molar-refractivity contribution >= 4 is 5.91 Å². The molecule has 2 aromatic rings. The number of nitrogens with one attached hydrogen (secondary N) is 1. The van der Waals surface area contributed by atoms with Crippen molar-refractivity contribution in [1.29, 1.82) is 0 Å². The number of likely N-dealkylation sites (tertiary alicyclic amines) is 1. The lowest BCUT2D eigenvalue weighted by Gasteiger charge is -2.31. The van der Waals surface area contributed by atoms with E-state index >= 15 is 0 Å². The Kier molecular flexibility index (Phi) is 7.22. The minimum Gasteiger partial charge on any atom is -0.352 e. The van der Waals surface area contributed by atoms with E-state index in [1.165, 1.54) is 19.3 Å². The van der Waals surface area contributed by atoms with Crippen molar-refractivity contribution in [1.82, 2.24) is 24.6 Å². The topological polar surface area (TPSA) is 72.2 Å². The molecule has 4 rings (SSSR count). The SMILES string of the molecule is CCn1c(C2CCN(CC(=O)NC3CCCCC3)CC2)nn(Cc2ccccc2)c1=O. The van der Waals surface area contributed by atoms with E-state index in [-0.39, 0.29) is 17.5 Å². The van der Waals surface area contributed by atoms with E-state index in [9.17, 15) is 9.59 Å². The van der Waals surface area contributed by atoms with Gasteiger partial charge in [-0.25, -0.2) is 9.48 Å². The molecule has 0 atom stereocenters. The molecule has 2 aliphatic rings. The van der Waals surface area contributed by atoms with Gasteiger partial charge in [-0.2, -0.15) is 5.10 Å². The minimum atomic E-state index is -0.0318. The minimum absolute atomic E-state index is 0.0318. The zero-order chi connectivity index (χ0) is 21.6. The zero-order valence-electron chi connectivity index (χ0n) is 18.6. The van der Waals surface area contributed by atoms with Crippen LogP contribution in [0.5, 0.6) is 0 Å². The fourth-order valence-corrected chi connectivity index (χ4v) is 4.99. The van der Waals surface area contributed by atoms with Crippen molar-refractivity contribution in [3.8, 4) is 0 Å². The second kappa shape index (κ2) is 10.3. The number of carbonyl (C=O) groups is 1. The molecule has 0 unspecified atom stereocenters. The molecule has 1 aliphatic carbocycles. The number of carbonyl (C=O) groups excluding carboxylic acids is 1. The van der Waals surface area contributed by atoms with E-state index in [0.29, 0.717) is 25.7 Å². The summed E-state index contributed by atoms with van der Waals surface area (Å²) in [5.74, 6) is 1.32. The van der Waals surface area contributed by atoms with Gasteiger partial charge in [0.25, 0.3) is 0 Å². The summed E-state index contributed by atoms with van der Waals surface area (Å²) in [6.45, 7) is 5.35. The van der Waals surface area contributed by atoms with Gasteiger partial charge >= 0.3 is 5.69 Å². The fraction of sp³-hybridized carbons (Fsp3) is 0.625. The third-order valence-corrected chi connectivity index (χ3v) is 6.73.